The summed E-state index contributed by atoms with van der Waals surface area (Å²) in [6, 6.07) is 2.64. The molecule has 6 nitrogen and oxygen atoms in total. The van der Waals surface area contributed by atoms with Gasteiger partial charge in [-0.2, -0.15) is 0 Å². The fourth-order valence-corrected chi connectivity index (χ4v) is 2.81. The Balaban J connectivity index is 3.01. The lowest BCUT2D eigenvalue weighted by atomic mass is 10.1. The van der Waals surface area contributed by atoms with Gasteiger partial charge in [-0.25, -0.2) is 13.6 Å². The maximum atomic E-state index is 12.0. The summed E-state index contributed by atoms with van der Waals surface area (Å²) in [4.78, 5) is 11.9. The first-order valence-electron chi connectivity index (χ1n) is 5.87. The normalized spacial score (nSPS) is 11.4. The van der Waals surface area contributed by atoms with Crippen molar-refractivity contribution in [2.45, 2.75) is 18.2 Å². The van der Waals surface area contributed by atoms with Gasteiger partial charge >= 0.3 is 0 Å². The quantitative estimate of drug-likeness (QED) is 0.766. The van der Waals surface area contributed by atoms with E-state index in [1.165, 1.54) is 19.1 Å². The standard InChI is InChI=1S/C12H17ClN2O4S/c1-8-10(12(16)15-4-3-5-19-2)6-9(13)7-11(8)20(14,17)18/h6-7H,3-5H2,1-2H3,(H,15,16)(H2,14,17,18). The fraction of sp³-hybridized carbons (Fsp3) is 0.417. The van der Waals surface area contributed by atoms with E-state index in [9.17, 15) is 13.2 Å². The van der Waals surface area contributed by atoms with Crippen molar-refractivity contribution in [1.82, 2.24) is 5.32 Å². The maximum absolute atomic E-state index is 12.0. The van der Waals surface area contributed by atoms with Crippen molar-refractivity contribution in [1.29, 1.82) is 0 Å². The Morgan fingerprint density at radius 2 is 2.10 bits per heavy atom. The van der Waals surface area contributed by atoms with Gasteiger partial charge in [0.1, 0.15) is 0 Å². The summed E-state index contributed by atoms with van der Waals surface area (Å²) in [5.74, 6) is -0.397. The summed E-state index contributed by atoms with van der Waals surface area (Å²) in [5, 5.41) is 7.91. The van der Waals surface area contributed by atoms with Crippen molar-refractivity contribution in [2.24, 2.45) is 5.14 Å². The highest BCUT2D eigenvalue weighted by Gasteiger charge is 2.19. The van der Waals surface area contributed by atoms with E-state index in [1.54, 1.807) is 7.11 Å². The third kappa shape index (κ3) is 4.45. The largest absolute Gasteiger partial charge is 0.385 e. The van der Waals surface area contributed by atoms with Crippen LogP contribution in [0.25, 0.3) is 0 Å². The van der Waals surface area contributed by atoms with Crippen molar-refractivity contribution in [3.63, 3.8) is 0 Å². The molecule has 1 amide bonds. The summed E-state index contributed by atoms with van der Waals surface area (Å²) >= 11 is 5.84. The number of carbonyl (C=O) groups excluding carboxylic acids is 1. The number of hydrogen-bond donors (Lipinski definition) is 2. The molecule has 1 aromatic carbocycles. The molecule has 0 aliphatic rings. The van der Waals surface area contributed by atoms with Crippen molar-refractivity contribution in [3.05, 3.63) is 28.3 Å². The molecule has 112 valence electrons. The lowest BCUT2D eigenvalue weighted by Crippen LogP contribution is -2.27. The van der Waals surface area contributed by atoms with Crippen LogP contribution < -0.4 is 10.5 Å². The highest BCUT2D eigenvalue weighted by Crippen LogP contribution is 2.23. The highest BCUT2D eigenvalue weighted by molar-refractivity contribution is 7.89. The van der Waals surface area contributed by atoms with Crippen LogP contribution >= 0.6 is 11.6 Å². The molecule has 0 aliphatic heterocycles. The van der Waals surface area contributed by atoms with Gasteiger partial charge in [0.2, 0.25) is 10.0 Å². The molecule has 1 aromatic rings. The van der Waals surface area contributed by atoms with E-state index >= 15 is 0 Å². The van der Waals surface area contributed by atoms with E-state index in [4.69, 9.17) is 21.5 Å². The van der Waals surface area contributed by atoms with Crippen LogP contribution in [0.15, 0.2) is 17.0 Å². The van der Waals surface area contributed by atoms with Crippen LogP contribution in [0.4, 0.5) is 0 Å². The number of sulfonamides is 1. The summed E-state index contributed by atoms with van der Waals surface area (Å²) < 4.78 is 27.8. The molecule has 0 bridgehead atoms. The predicted molar refractivity (Wildman–Crippen MR) is 76.4 cm³/mol. The van der Waals surface area contributed by atoms with Gasteiger partial charge in [0, 0.05) is 30.8 Å². The zero-order valence-electron chi connectivity index (χ0n) is 11.3. The van der Waals surface area contributed by atoms with E-state index in [1.807, 2.05) is 0 Å². The molecule has 0 aliphatic carbocycles. The zero-order chi connectivity index (χ0) is 15.3. The SMILES string of the molecule is COCCCNC(=O)c1cc(Cl)cc(S(N)(=O)=O)c1C. The minimum Gasteiger partial charge on any atom is -0.385 e. The molecule has 0 heterocycles. The van der Waals surface area contributed by atoms with Crippen molar-refractivity contribution < 1.29 is 17.9 Å². The zero-order valence-corrected chi connectivity index (χ0v) is 12.8. The molecule has 1 rings (SSSR count). The highest BCUT2D eigenvalue weighted by atomic mass is 35.5. The second-order valence-corrected chi connectivity index (χ2v) is 6.19. The number of methoxy groups -OCH3 is 1. The summed E-state index contributed by atoms with van der Waals surface area (Å²) in [6.07, 6.45) is 0.657. The van der Waals surface area contributed by atoms with Crippen LogP contribution in [-0.4, -0.2) is 34.6 Å². The number of amides is 1. The lowest BCUT2D eigenvalue weighted by molar-refractivity contribution is 0.0947. The van der Waals surface area contributed by atoms with E-state index < -0.39 is 15.9 Å². The molecule has 3 N–H and O–H groups in total. The second-order valence-electron chi connectivity index (χ2n) is 4.22. The topological polar surface area (TPSA) is 98.5 Å². The van der Waals surface area contributed by atoms with Gasteiger partial charge in [-0.3, -0.25) is 4.79 Å². The van der Waals surface area contributed by atoms with Gasteiger partial charge in [0.05, 0.1) is 4.90 Å². The molecule has 0 aromatic heterocycles. The van der Waals surface area contributed by atoms with Gasteiger partial charge in [0.15, 0.2) is 0 Å². The summed E-state index contributed by atoms with van der Waals surface area (Å²) in [6.45, 7) is 2.46. The van der Waals surface area contributed by atoms with Crippen LogP contribution in [0.1, 0.15) is 22.3 Å². The molecule has 0 fully saturated rings. The van der Waals surface area contributed by atoms with Crippen LogP contribution in [0.5, 0.6) is 0 Å². The molecule has 0 saturated heterocycles. The molecule has 0 atom stereocenters. The Bertz CT molecular complexity index is 602. The minimum atomic E-state index is -3.93. The molecule has 0 spiro atoms. The number of primary sulfonamides is 1. The Hall–Kier alpha value is -1.15. The van der Waals surface area contributed by atoms with Crippen molar-refractivity contribution in [2.75, 3.05) is 20.3 Å². The third-order valence-corrected chi connectivity index (χ3v) is 3.94. The Morgan fingerprint density at radius 1 is 1.45 bits per heavy atom. The minimum absolute atomic E-state index is 0.140. The smallest absolute Gasteiger partial charge is 0.251 e. The average Bonchev–Trinajstić information content (AvgIpc) is 2.35. The maximum Gasteiger partial charge on any atom is 0.251 e. The number of hydrogen-bond acceptors (Lipinski definition) is 4. The molecule has 8 heteroatoms. The molecular formula is C12H17ClN2O4S. The third-order valence-electron chi connectivity index (χ3n) is 2.69. The van der Waals surface area contributed by atoms with E-state index in [0.29, 0.717) is 19.6 Å². The molecule has 0 saturated carbocycles. The number of carbonyl (C=O) groups is 1. The van der Waals surface area contributed by atoms with Crippen LogP contribution in [0.3, 0.4) is 0 Å². The monoisotopic (exact) mass is 320 g/mol. The lowest BCUT2D eigenvalue weighted by Gasteiger charge is -2.11. The fourth-order valence-electron chi connectivity index (χ4n) is 1.70. The number of rotatable bonds is 6. The average molecular weight is 321 g/mol. The summed E-state index contributed by atoms with van der Waals surface area (Å²) in [5.41, 5.74) is 0.472. The molecule has 0 radical (unpaired) electrons. The van der Waals surface area contributed by atoms with Crippen molar-refractivity contribution in [3.8, 4) is 0 Å². The first-order valence-corrected chi connectivity index (χ1v) is 7.80. The van der Waals surface area contributed by atoms with E-state index in [0.717, 1.165) is 0 Å². The Morgan fingerprint density at radius 3 is 2.65 bits per heavy atom. The van der Waals surface area contributed by atoms with Crippen LogP contribution in [-0.2, 0) is 14.8 Å². The van der Waals surface area contributed by atoms with Gasteiger partial charge in [-0.15, -0.1) is 0 Å². The van der Waals surface area contributed by atoms with Crippen LogP contribution in [0.2, 0.25) is 5.02 Å². The molecule has 0 unspecified atom stereocenters. The number of benzene rings is 1. The predicted octanol–water partition coefficient (Wildman–Crippen LogP) is 1.06. The van der Waals surface area contributed by atoms with Gasteiger partial charge in [-0.1, -0.05) is 11.6 Å². The van der Waals surface area contributed by atoms with Crippen molar-refractivity contribution >= 4 is 27.5 Å². The second kappa shape index (κ2) is 7.03. The number of nitrogens with one attached hydrogen (secondary N) is 1. The van der Waals surface area contributed by atoms with E-state index in [-0.39, 0.29) is 21.0 Å². The number of ether oxygens (including phenoxy) is 1. The number of nitrogens with two attached hydrogens (primary N) is 1. The molecular weight excluding hydrogens is 304 g/mol. The molecule has 20 heavy (non-hydrogen) atoms. The van der Waals surface area contributed by atoms with Gasteiger partial charge in [0.25, 0.3) is 5.91 Å². The summed E-state index contributed by atoms with van der Waals surface area (Å²) in [7, 11) is -2.35. The number of halogens is 1. The van der Waals surface area contributed by atoms with E-state index in [2.05, 4.69) is 5.32 Å². The van der Waals surface area contributed by atoms with Crippen LogP contribution in [0, 0.1) is 6.92 Å². The Labute approximate surface area is 123 Å². The van der Waals surface area contributed by atoms with Gasteiger partial charge < -0.3 is 10.1 Å². The first kappa shape index (κ1) is 16.9. The van der Waals surface area contributed by atoms with Gasteiger partial charge in [-0.05, 0) is 31.0 Å². The first-order chi connectivity index (χ1) is 9.27. The Kier molecular flexibility index (Phi) is 5.94.